The minimum atomic E-state index is -0.897. The molecule has 0 saturated heterocycles. The van der Waals surface area contributed by atoms with Crippen LogP contribution in [-0.2, 0) is 28.6 Å². The maximum absolute atomic E-state index is 12.6. The van der Waals surface area contributed by atoms with E-state index in [4.69, 9.17) is 14.2 Å². The summed E-state index contributed by atoms with van der Waals surface area (Å²) in [7, 11) is 5.47. The first kappa shape index (κ1) is 48.2. The molecule has 0 rings (SSSR count). The summed E-state index contributed by atoms with van der Waals surface area (Å²) in [5, 5.41) is 9.58. The summed E-state index contributed by atoms with van der Waals surface area (Å²) in [5.41, 5.74) is 0. The highest BCUT2D eigenvalue weighted by Gasteiger charge is 2.31. The molecule has 0 aliphatic heterocycles. The van der Waals surface area contributed by atoms with Crippen LogP contribution in [0.25, 0.3) is 0 Å². The Morgan fingerprint density at radius 2 is 1.04 bits per heavy atom. The highest BCUT2D eigenvalue weighted by molar-refractivity contribution is 5.72. The number of quaternary nitrogens is 1. The lowest BCUT2D eigenvalue weighted by atomic mass is 10.1. The minimum Gasteiger partial charge on any atom is -0.477 e. The van der Waals surface area contributed by atoms with Gasteiger partial charge in [0.1, 0.15) is 6.61 Å². The highest BCUT2D eigenvalue weighted by atomic mass is 16.6. The summed E-state index contributed by atoms with van der Waals surface area (Å²) in [6.07, 6.45) is 44.8. The Kier molecular flexibility index (Phi) is 31.9. The smallest absolute Gasteiger partial charge is 0.362 e. The van der Waals surface area contributed by atoms with Crippen molar-refractivity contribution in [1.82, 2.24) is 0 Å². The summed E-state index contributed by atoms with van der Waals surface area (Å²) in [5.74, 6) is -1.64. The number of carbonyl (C=O) groups excluding carboxylic acids is 2. The molecule has 2 atom stereocenters. The fourth-order valence-corrected chi connectivity index (χ4v) is 4.80. The fourth-order valence-electron chi connectivity index (χ4n) is 4.80. The zero-order chi connectivity index (χ0) is 38.5. The molecule has 0 aromatic rings. The molecule has 8 nitrogen and oxygen atoms in total. The van der Waals surface area contributed by atoms with Gasteiger partial charge < -0.3 is 23.8 Å². The first-order chi connectivity index (χ1) is 25.1. The van der Waals surface area contributed by atoms with Crippen molar-refractivity contribution in [3.05, 3.63) is 97.2 Å². The first-order valence-corrected chi connectivity index (χ1v) is 19.3. The lowest BCUT2D eigenvalue weighted by molar-refractivity contribution is -0.887. The number of hydrogen-bond acceptors (Lipinski definition) is 6. The Bertz CT molecular complexity index is 1170. The molecule has 2 unspecified atom stereocenters. The predicted octanol–water partition coefficient (Wildman–Crippen LogP) is 9.96. The second-order valence-corrected chi connectivity index (χ2v) is 13.4. The number of carboxylic acids is 1. The fraction of sp³-hybridized carbons (Fsp3) is 0.568. The van der Waals surface area contributed by atoms with Gasteiger partial charge in [0.25, 0.3) is 0 Å². The molecule has 8 heteroatoms. The van der Waals surface area contributed by atoms with Gasteiger partial charge in [0.15, 0.2) is 12.1 Å². The first-order valence-electron chi connectivity index (χ1n) is 19.3. The summed E-state index contributed by atoms with van der Waals surface area (Å²) >= 11 is 0. The Balaban J connectivity index is 4.61. The van der Waals surface area contributed by atoms with Crippen LogP contribution in [0.15, 0.2) is 97.2 Å². The van der Waals surface area contributed by atoms with E-state index in [1.54, 1.807) is 0 Å². The summed E-state index contributed by atoms with van der Waals surface area (Å²) in [6, 6.07) is -0.636. The average Bonchev–Trinajstić information content (AvgIpc) is 3.09. The van der Waals surface area contributed by atoms with E-state index in [1.807, 2.05) is 33.3 Å². The molecule has 0 aromatic carbocycles. The lowest BCUT2D eigenvalue weighted by Gasteiger charge is -2.31. The van der Waals surface area contributed by atoms with Crippen molar-refractivity contribution in [3.8, 4) is 0 Å². The zero-order valence-electron chi connectivity index (χ0n) is 33.0. The van der Waals surface area contributed by atoms with Crippen LogP contribution in [-0.4, -0.2) is 80.6 Å². The van der Waals surface area contributed by atoms with Gasteiger partial charge in [0.05, 0.1) is 34.4 Å². The third-order valence-corrected chi connectivity index (χ3v) is 7.74. The van der Waals surface area contributed by atoms with Gasteiger partial charge in [-0.3, -0.25) is 9.59 Å². The monoisotopic (exact) mass is 725 g/mol. The van der Waals surface area contributed by atoms with Gasteiger partial charge in [-0.1, -0.05) is 111 Å². The number of hydrogen-bond donors (Lipinski definition) is 1. The SMILES string of the molecule is CC/C=C/C/C=C/C/C=C/C/C=C/C/C=C/CCC(=O)OCC(COCCC(C(=O)O)[N+](C)(C)C)OC(=O)CCCC/C=C/C/C=C/C/C=C/CC. The summed E-state index contributed by atoms with van der Waals surface area (Å²) in [4.78, 5) is 36.7. The van der Waals surface area contributed by atoms with Gasteiger partial charge in [-0.2, -0.15) is 0 Å². The molecule has 0 amide bonds. The van der Waals surface area contributed by atoms with E-state index in [2.05, 4.69) is 98.9 Å². The van der Waals surface area contributed by atoms with Crippen LogP contribution in [0.3, 0.4) is 0 Å². The molecule has 0 fully saturated rings. The van der Waals surface area contributed by atoms with Crippen molar-refractivity contribution < 1.29 is 38.2 Å². The van der Waals surface area contributed by atoms with E-state index in [0.717, 1.165) is 64.2 Å². The number of allylic oxidation sites excluding steroid dienone is 16. The predicted molar refractivity (Wildman–Crippen MR) is 215 cm³/mol. The Morgan fingerprint density at radius 3 is 1.50 bits per heavy atom. The molecule has 0 spiro atoms. The topological polar surface area (TPSA) is 99.1 Å². The number of nitrogens with zero attached hydrogens (tertiary/aromatic N) is 1. The van der Waals surface area contributed by atoms with Crippen LogP contribution in [0, 0.1) is 0 Å². The van der Waals surface area contributed by atoms with Crippen molar-refractivity contribution in [2.75, 3.05) is 41.0 Å². The van der Waals surface area contributed by atoms with Crippen LogP contribution in [0.5, 0.6) is 0 Å². The van der Waals surface area contributed by atoms with Crippen molar-refractivity contribution in [3.63, 3.8) is 0 Å². The molecule has 52 heavy (non-hydrogen) atoms. The van der Waals surface area contributed by atoms with Crippen LogP contribution >= 0.6 is 0 Å². The largest absolute Gasteiger partial charge is 0.477 e. The number of ether oxygens (including phenoxy) is 3. The molecule has 1 N–H and O–H groups in total. The molecule has 0 radical (unpaired) electrons. The van der Waals surface area contributed by atoms with E-state index in [1.165, 1.54) is 0 Å². The Hall–Kier alpha value is -3.75. The van der Waals surface area contributed by atoms with Crippen molar-refractivity contribution in [1.29, 1.82) is 0 Å². The number of rotatable bonds is 32. The maximum atomic E-state index is 12.6. The maximum Gasteiger partial charge on any atom is 0.362 e. The number of carboxylic acid groups (broad SMARTS) is 1. The number of esters is 2. The lowest BCUT2D eigenvalue weighted by Crippen LogP contribution is -2.50. The average molecular weight is 725 g/mol. The molecule has 0 heterocycles. The Morgan fingerprint density at radius 1 is 0.577 bits per heavy atom. The standard InChI is InChI=1S/C44H69NO7/c1-6-8-10-12-14-16-18-20-21-22-23-25-26-28-30-32-34-42(46)51-39-40(38-50-37-36-41(44(48)49)45(3,4)5)52-43(47)35-33-31-29-27-24-19-17-15-13-11-9-7-2/h8-11,14-17,20-21,23-25,27-28,30,40-41H,6-7,12-13,18-19,22,26,29,31-39H2,1-5H3/p+1/b10-8+,11-9+,16-14+,17-15+,21-20+,25-23+,27-24+,30-28+. The van der Waals surface area contributed by atoms with Crippen molar-refractivity contribution in [2.24, 2.45) is 0 Å². The van der Waals surface area contributed by atoms with E-state index >= 15 is 0 Å². The second kappa shape index (κ2) is 34.3. The van der Waals surface area contributed by atoms with E-state index in [9.17, 15) is 19.5 Å². The van der Waals surface area contributed by atoms with Gasteiger partial charge in [-0.05, 0) is 77.0 Å². The van der Waals surface area contributed by atoms with Crippen LogP contribution in [0.2, 0.25) is 0 Å². The third kappa shape index (κ3) is 32.2. The van der Waals surface area contributed by atoms with E-state index in [0.29, 0.717) is 19.3 Å². The molecule has 0 aromatic heterocycles. The van der Waals surface area contributed by atoms with Crippen LogP contribution < -0.4 is 0 Å². The van der Waals surface area contributed by atoms with Gasteiger partial charge in [0, 0.05) is 19.3 Å². The minimum absolute atomic E-state index is 0.0156. The second-order valence-electron chi connectivity index (χ2n) is 13.4. The number of unbranched alkanes of at least 4 members (excludes halogenated alkanes) is 2. The van der Waals surface area contributed by atoms with Gasteiger partial charge in [-0.25, -0.2) is 4.79 Å². The third-order valence-electron chi connectivity index (χ3n) is 7.74. The number of aliphatic carboxylic acids is 1. The molecule has 0 aliphatic carbocycles. The van der Waals surface area contributed by atoms with Crippen molar-refractivity contribution >= 4 is 17.9 Å². The van der Waals surface area contributed by atoms with Gasteiger partial charge >= 0.3 is 17.9 Å². The van der Waals surface area contributed by atoms with Crippen LogP contribution in [0.4, 0.5) is 0 Å². The van der Waals surface area contributed by atoms with Crippen molar-refractivity contribution in [2.45, 2.75) is 122 Å². The van der Waals surface area contributed by atoms with Gasteiger partial charge in [-0.15, -0.1) is 0 Å². The summed E-state index contributed by atoms with van der Waals surface area (Å²) < 4.78 is 17.1. The van der Waals surface area contributed by atoms with Crippen LogP contribution in [0.1, 0.15) is 110 Å². The molecule has 0 saturated carbocycles. The van der Waals surface area contributed by atoms with E-state index < -0.39 is 18.1 Å². The zero-order valence-corrected chi connectivity index (χ0v) is 33.0. The summed E-state index contributed by atoms with van der Waals surface area (Å²) in [6.45, 7) is 4.34. The highest BCUT2D eigenvalue weighted by Crippen LogP contribution is 2.10. The number of likely N-dealkylation sites (N-methyl/N-ethyl adjacent to an activating group) is 1. The van der Waals surface area contributed by atoms with Gasteiger partial charge in [0.2, 0.25) is 0 Å². The molecule has 292 valence electrons. The molecule has 0 aliphatic rings. The quantitative estimate of drug-likeness (QED) is 0.0319. The molecule has 0 bridgehead atoms. The normalized spacial score (nSPS) is 14.1. The molecular formula is C44H70NO7+. The van der Waals surface area contributed by atoms with E-state index in [-0.39, 0.29) is 49.1 Å². The number of carbonyl (C=O) groups is 3. The molecular weight excluding hydrogens is 654 g/mol. The Labute approximate surface area is 316 Å².